The van der Waals surface area contributed by atoms with E-state index in [1.54, 1.807) is 21.6 Å². The van der Waals surface area contributed by atoms with Gasteiger partial charge in [0.1, 0.15) is 0 Å². The predicted octanol–water partition coefficient (Wildman–Crippen LogP) is 3.07. The van der Waals surface area contributed by atoms with E-state index < -0.39 is 5.91 Å². The zero-order valence-electron chi connectivity index (χ0n) is 17.9. The van der Waals surface area contributed by atoms with Crippen molar-refractivity contribution in [2.45, 2.75) is 38.4 Å². The van der Waals surface area contributed by atoms with Crippen LogP contribution in [0.15, 0.2) is 46.2 Å². The van der Waals surface area contributed by atoms with E-state index >= 15 is 0 Å². The largest absolute Gasteiger partial charge is 0.461 e. The highest BCUT2D eigenvalue weighted by Gasteiger charge is 2.21. The quantitative estimate of drug-likeness (QED) is 0.468. The standard InChI is InChI=1S/C22H24N6O3S/c1-15-6-7-17(13-16(15)2)27(10-4-9-23)20(30)14-32-22-26-25-21(18-5-3-12-31-18)28(22)11-8-19(24)29/h3,5-7,12-13H,4,8,10-11,14H2,1-2H3,(H2,24,29). The van der Waals surface area contributed by atoms with Crippen molar-refractivity contribution in [2.75, 3.05) is 17.2 Å². The molecule has 0 bridgehead atoms. The van der Waals surface area contributed by atoms with Gasteiger partial charge in [0, 0.05) is 25.2 Å². The first-order valence-electron chi connectivity index (χ1n) is 10.0. The van der Waals surface area contributed by atoms with Crippen molar-refractivity contribution in [2.24, 2.45) is 5.73 Å². The van der Waals surface area contributed by atoms with Crippen molar-refractivity contribution >= 4 is 29.3 Å². The molecule has 2 aromatic heterocycles. The first kappa shape index (κ1) is 23.1. The van der Waals surface area contributed by atoms with Crippen LogP contribution in [0.2, 0.25) is 0 Å². The van der Waals surface area contributed by atoms with Gasteiger partial charge in [-0.15, -0.1) is 10.2 Å². The summed E-state index contributed by atoms with van der Waals surface area (Å²) in [4.78, 5) is 26.0. The minimum absolute atomic E-state index is 0.0885. The fraction of sp³-hybridized carbons (Fsp3) is 0.318. The van der Waals surface area contributed by atoms with E-state index in [4.69, 9.17) is 15.4 Å². The van der Waals surface area contributed by atoms with Crippen molar-refractivity contribution in [3.8, 4) is 17.7 Å². The molecule has 0 spiro atoms. The maximum Gasteiger partial charge on any atom is 0.237 e. The number of primary amides is 1. The molecule has 0 aliphatic heterocycles. The summed E-state index contributed by atoms with van der Waals surface area (Å²) in [5.41, 5.74) is 8.26. The van der Waals surface area contributed by atoms with Crippen LogP contribution in [0.25, 0.3) is 11.6 Å². The van der Waals surface area contributed by atoms with E-state index in [-0.39, 0.29) is 31.0 Å². The zero-order valence-corrected chi connectivity index (χ0v) is 18.8. The van der Waals surface area contributed by atoms with Crippen LogP contribution in [-0.4, -0.2) is 38.9 Å². The van der Waals surface area contributed by atoms with Gasteiger partial charge < -0.3 is 15.1 Å². The first-order valence-corrected chi connectivity index (χ1v) is 11.0. The Morgan fingerprint density at radius 2 is 2.06 bits per heavy atom. The van der Waals surface area contributed by atoms with Crippen LogP contribution in [0.4, 0.5) is 5.69 Å². The van der Waals surface area contributed by atoms with Crippen molar-refractivity contribution in [3.05, 3.63) is 47.7 Å². The van der Waals surface area contributed by atoms with Crippen molar-refractivity contribution < 1.29 is 14.0 Å². The third-order valence-electron chi connectivity index (χ3n) is 4.92. The van der Waals surface area contributed by atoms with E-state index in [0.717, 1.165) is 16.8 Å². The van der Waals surface area contributed by atoms with Gasteiger partial charge in [0.15, 0.2) is 16.7 Å². The number of thioether (sulfide) groups is 1. The molecule has 3 rings (SSSR count). The van der Waals surface area contributed by atoms with Gasteiger partial charge in [-0.25, -0.2) is 0 Å². The van der Waals surface area contributed by atoms with Crippen LogP contribution in [-0.2, 0) is 16.1 Å². The monoisotopic (exact) mass is 452 g/mol. The number of aryl methyl sites for hydroxylation is 2. The van der Waals surface area contributed by atoms with Gasteiger partial charge in [-0.05, 0) is 49.2 Å². The van der Waals surface area contributed by atoms with Gasteiger partial charge >= 0.3 is 0 Å². The lowest BCUT2D eigenvalue weighted by Gasteiger charge is -2.22. The summed E-state index contributed by atoms with van der Waals surface area (Å²) >= 11 is 1.21. The summed E-state index contributed by atoms with van der Waals surface area (Å²) in [5.74, 6) is 0.448. The van der Waals surface area contributed by atoms with Crippen LogP contribution in [0.3, 0.4) is 0 Å². The molecule has 32 heavy (non-hydrogen) atoms. The van der Waals surface area contributed by atoms with Gasteiger partial charge in [0.25, 0.3) is 0 Å². The molecule has 9 nitrogen and oxygen atoms in total. The Morgan fingerprint density at radius 1 is 1.25 bits per heavy atom. The van der Waals surface area contributed by atoms with E-state index in [1.165, 1.54) is 18.0 Å². The summed E-state index contributed by atoms with van der Waals surface area (Å²) in [5, 5.41) is 17.9. The number of carbonyl (C=O) groups excluding carboxylic acids is 2. The minimum atomic E-state index is -0.450. The van der Waals surface area contributed by atoms with Crippen molar-refractivity contribution in [1.82, 2.24) is 14.8 Å². The van der Waals surface area contributed by atoms with E-state index in [9.17, 15) is 9.59 Å². The molecule has 2 heterocycles. The molecule has 166 valence electrons. The maximum absolute atomic E-state index is 13.1. The fourth-order valence-corrected chi connectivity index (χ4v) is 3.90. The highest BCUT2D eigenvalue weighted by atomic mass is 32.2. The van der Waals surface area contributed by atoms with Crippen LogP contribution >= 0.6 is 11.8 Å². The summed E-state index contributed by atoms with van der Waals surface area (Å²) in [6.45, 7) is 4.55. The molecule has 3 aromatic rings. The highest BCUT2D eigenvalue weighted by molar-refractivity contribution is 7.99. The van der Waals surface area contributed by atoms with Gasteiger partial charge in [-0.3, -0.25) is 14.2 Å². The molecule has 0 aliphatic rings. The number of rotatable bonds is 10. The summed E-state index contributed by atoms with van der Waals surface area (Å²) in [6.07, 6.45) is 1.85. The first-order chi connectivity index (χ1) is 15.4. The number of nitriles is 1. The van der Waals surface area contributed by atoms with E-state index in [2.05, 4.69) is 16.3 Å². The molecule has 0 unspecified atom stereocenters. The Labute approximate surface area is 190 Å². The Bertz CT molecular complexity index is 1130. The molecule has 0 radical (unpaired) electrons. The number of benzene rings is 1. The number of hydrogen-bond acceptors (Lipinski definition) is 7. The van der Waals surface area contributed by atoms with Gasteiger partial charge in [0.05, 0.1) is 24.5 Å². The summed E-state index contributed by atoms with van der Waals surface area (Å²) in [6, 6.07) is 11.4. The number of hydrogen-bond donors (Lipinski definition) is 1. The Balaban J connectivity index is 1.80. The lowest BCUT2D eigenvalue weighted by atomic mass is 10.1. The zero-order chi connectivity index (χ0) is 23.1. The Kier molecular flexibility index (Phi) is 7.68. The maximum atomic E-state index is 13.1. The highest BCUT2D eigenvalue weighted by Crippen LogP contribution is 2.26. The van der Waals surface area contributed by atoms with E-state index in [1.807, 2.05) is 32.0 Å². The van der Waals surface area contributed by atoms with Crippen LogP contribution in [0.1, 0.15) is 24.0 Å². The molecule has 0 saturated carbocycles. The summed E-state index contributed by atoms with van der Waals surface area (Å²) < 4.78 is 7.13. The second-order valence-corrected chi connectivity index (χ2v) is 8.10. The molecule has 0 aliphatic carbocycles. The van der Waals surface area contributed by atoms with Gasteiger partial charge in [-0.1, -0.05) is 17.8 Å². The second-order valence-electron chi connectivity index (χ2n) is 7.16. The number of nitrogens with two attached hydrogens (primary N) is 1. The molecule has 0 saturated heterocycles. The molecule has 10 heteroatoms. The average molecular weight is 453 g/mol. The van der Waals surface area contributed by atoms with Crippen molar-refractivity contribution in [1.29, 1.82) is 5.26 Å². The van der Waals surface area contributed by atoms with Crippen LogP contribution < -0.4 is 10.6 Å². The molecular weight excluding hydrogens is 428 g/mol. The third kappa shape index (κ3) is 5.56. The van der Waals surface area contributed by atoms with Crippen molar-refractivity contribution in [3.63, 3.8) is 0 Å². The number of furan rings is 1. The Hall–Kier alpha value is -3.58. The number of nitrogens with zero attached hydrogens (tertiary/aromatic N) is 5. The minimum Gasteiger partial charge on any atom is -0.461 e. The second kappa shape index (κ2) is 10.6. The number of amides is 2. The molecule has 2 amide bonds. The number of aromatic nitrogens is 3. The lowest BCUT2D eigenvalue weighted by molar-refractivity contribution is -0.118. The van der Waals surface area contributed by atoms with Gasteiger partial charge in [0.2, 0.25) is 11.8 Å². The molecule has 2 N–H and O–H groups in total. The normalized spacial score (nSPS) is 10.7. The number of anilines is 1. The predicted molar refractivity (Wildman–Crippen MR) is 121 cm³/mol. The lowest BCUT2D eigenvalue weighted by Crippen LogP contribution is -2.33. The molecule has 1 aromatic carbocycles. The van der Waals surface area contributed by atoms with Gasteiger partial charge in [-0.2, -0.15) is 5.26 Å². The van der Waals surface area contributed by atoms with Crippen LogP contribution in [0.5, 0.6) is 0 Å². The SMILES string of the molecule is Cc1ccc(N(CCC#N)C(=O)CSc2nnc(-c3ccco3)n2CCC(N)=O)cc1C. The fourth-order valence-electron chi connectivity index (χ4n) is 3.06. The third-order valence-corrected chi connectivity index (χ3v) is 5.87. The number of carbonyl (C=O) groups is 2. The molecular formula is C22H24N6O3S. The molecule has 0 atom stereocenters. The van der Waals surface area contributed by atoms with E-state index in [0.29, 0.717) is 23.3 Å². The summed E-state index contributed by atoms with van der Waals surface area (Å²) in [7, 11) is 0. The van der Waals surface area contributed by atoms with Crippen LogP contribution in [0, 0.1) is 25.2 Å². The average Bonchev–Trinajstić information content (AvgIpc) is 3.43. The Morgan fingerprint density at radius 3 is 2.72 bits per heavy atom. The molecule has 0 fully saturated rings. The smallest absolute Gasteiger partial charge is 0.237 e. The topological polar surface area (TPSA) is 131 Å².